The fourth-order valence-corrected chi connectivity index (χ4v) is 2.21. The van der Waals surface area contributed by atoms with Gasteiger partial charge in [0.15, 0.2) is 0 Å². The molecule has 2 rings (SSSR count). The molecule has 0 aliphatic carbocycles. The van der Waals surface area contributed by atoms with Gasteiger partial charge in [0, 0.05) is 38.6 Å². The summed E-state index contributed by atoms with van der Waals surface area (Å²) < 4.78 is 18.5. The molecule has 0 saturated carbocycles. The van der Waals surface area contributed by atoms with Crippen molar-refractivity contribution in [1.82, 2.24) is 5.32 Å². The van der Waals surface area contributed by atoms with E-state index in [1.165, 1.54) is 6.07 Å². The number of methoxy groups -OCH3 is 1. The highest BCUT2D eigenvalue weighted by atomic mass is 19.1. The van der Waals surface area contributed by atoms with Crippen molar-refractivity contribution >= 4 is 11.4 Å². The molecular weight excluding hydrogens is 267 g/mol. The summed E-state index contributed by atoms with van der Waals surface area (Å²) in [6.45, 7) is 1.98. The number of halogens is 1. The van der Waals surface area contributed by atoms with E-state index in [-0.39, 0.29) is 5.82 Å². The Labute approximate surface area is 125 Å². The lowest BCUT2D eigenvalue weighted by Gasteiger charge is -2.23. The molecule has 4 heteroatoms. The number of hydrogen-bond acceptors (Lipinski definition) is 3. The normalized spacial score (nSPS) is 10.6. The fraction of sp³-hybridized carbons (Fsp3) is 0.294. The molecule has 0 aliphatic heterocycles. The zero-order valence-corrected chi connectivity index (χ0v) is 12.5. The van der Waals surface area contributed by atoms with Gasteiger partial charge in [-0.2, -0.15) is 0 Å². The molecule has 2 aromatic rings. The Kier molecular flexibility index (Phi) is 5.72. The number of nitrogens with zero attached hydrogens (tertiary/aromatic N) is 1. The summed E-state index contributed by atoms with van der Waals surface area (Å²) in [6.07, 6.45) is 0. The van der Waals surface area contributed by atoms with Gasteiger partial charge in [-0.05, 0) is 35.9 Å². The van der Waals surface area contributed by atoms with Gasteiger partial charge >= 0.3 is 0 Å². The maximum absolute atomic E-state index is 13.5. The average molecular weight is 288 g/mol. The predicted molar refractivity (Wildman–Crippen MR) is 84.5 cm³/mol. The molecule has 21 heavy (non-hydrogen) atoms. The summed E-state index contributed by atoms with van der Waals surface area (Å²) in [7, 11) is 3.65. The minimum atomic E-state index is -0.219. The maximum Gasteiger partial charge on any atom is 0.123 e. The van der Waals surface area contributed by atoms with E-state index in [1.54, 1.807) is 13.2 Å². The quantitative estimate of drug-likeness (QED) is 0.791. The van der Waals surface area contributed by atoms with Crippen molar-refractivity contribution in [2.24, 2.45) is 0 Å². The first-order valence-electron chi connectivity index (χ1n) is 6.99. The second-order valence-corrected chi connectivity index (χ2v) is 4.84. The third-order valence-electron chi connectivity index (χ3n) is 3.34. The highest BCUT2D eigenvalue weighted by molar-refractivity contribution is 5.65. The third kappa shape index (κ3) is 4.28. The van der Waals surface area contributed by atoms with Gasteiger partial charge in [0.05, 0.1) is 6.61 Å². The van der Waals surface area contributed by atoms with Crippen molar-refractivity contribution in [3.63, 3.8) is 0 Å². The highest BCUT2D eigenvalue weighted by Crippen LogP contribution is 2.27. The summed E-state index contributed by atoms with van der Waals surface area (Å²) in [6, 6.07) is 14.9. The van der Waals surface area contributed by atoms with Crippen LogP contribution in [0.1, 0.15) is 5.56 Å². The first-order chi connectivity index (χ1) is 10.2. The van der Waals surface area contributed by atoms with Crippen LogP contribution in [-0.2, 0) is 11.3 Å². The lowest BCUT2D eigenvalue weighted by atomic mass is 10.1. The summed E-state index contributed by atoms with van der Waals surface area (Å²) in [5.74, 6) is -0.219. The molecule has 0 atom stereocenters. The minimum absolute atomic E-state index is 0.219. The van der Waals surface area contributed by atoms with Crippen molar-refractivity contribution in [3.05, 3.63) is 59.9 Å². The van der Waals surface area contributed by atoms with Crippen molar-refractivity contribution in [2.75, 3.05) is 32.2 Å². The monoisotopic (exact) mass is 288 g/mol. The number of benzene rings is 2. The van der Waals surface area contributed by atoms with Gasteiger partial charge in [-0.1, -0.05) is 18.2 Å². The van der Waals surface area contributed by atoms with E-state index in [4.69, 9.17) is 4.74 Å². The van der Waals surface area contributed by atoms with Gasteiger partial charge in [-0.3, -0.25) is 0 Å². The third-order valence-corrected chi connectivity index (χ3v) is 3.34. The van der Waals surface area contributed by atoms with E-state index in [1.807, 2.05) is 43.4 Å². The van der Waals surface area contributed by atoms with Crippen LogP contribution >= 0.6 is 0 Å². The Bertz CT molecular complexity index is 560. The van der Waals surface area contributed by atoms with Gasteiger partial charge in [0.25, 0.3) is 0 Å². The van der Waals surface area contributed by atoms with E-state index in [2.05, 4.69) is 10.2 Å². The average Bonchev–Trinajstić information content (AvgIpc) is 2.52. The Morgan fingerprint density at radius 2 is 1.90 bits per heavy atom. The molecule has 0 unspecified atom stereocenters. The van der Waals surface area contributed by atoms with Crippen LogP contribution in [0.4, 0.5) is 15.8 Å². The number of nitrogens with one attached hydrogen (secondary N) is 1. The summed E-state index contributed by atoms with van der Waals surface area (Å²) >= 11 is 0. The van der Waals surface area contributed by atoms with Gasteiger partial charge < -0.3 is 15.0 Å². The number of para-hydroxylation sites is 1. The van der Waals surface area contributed by atoms with Crippen LogP contribution in [0.5, 0.6) is 0 Å². The molecule has 0 bridgehead atoms. The van der Waals surface area contributed by atoms with E-state index in [0.29, 0.717) is 13.2 Å². The topological polar surface area (TPSA) is 24.5 Å². The van der Waals surface area contributed by atoms with Crippen molar-refractivity contribution in [1.29, 1.82) is 0 Å². The molecule has 0 radical (unpaired) electrons. The van der Waals surface area contributed by atoms with Crippen LogP contribution < -0.4 is 10.2 Å². The molecule has 0 aliphatic rings. The molecule has 0 amide bonds. The van der Waals surface area contributed by atoms with E-state index in [0.717, 1.165) is 23.5 Å². The van der Waals surface area contributed by atoms with Gasteiger partial charge in [-0.15, -0.1) is 0 Å². The predicted octanol–water partition coefficient (Wildman–Crippen LogP) is 3.33. The van der Waals surface area contributed by atoms with Gasteiger partial charge in [0.2, 0.25) is 0 Å². The summed E-state index contributed by atoms with van der Waals surface area (Å²) in [4.78, 5) is 2.06. The molecule has 112 valence electrons. The maximum atomic E-state index is 13.5. The lowest BCUT2D eigenvalue weighted by Crippen LogP contribution is -2.21. The van der Waals surface area contributed by atoms with Crippen molar-refractivity contribution in [2.45, 2.75) is 6.54 Å². The second-order valence-electron chi connectivity index (χ2n) is 4.84. The molecule has 0 fully saturated rings. The number of hydrogen-bond donors (Lipinski definition) is 1. The van der Waals surface area contributed by atoms with Crippen LogP contribution in [-0.4, -0.2) is 27.3 Å². The van der Waals surface area contributed by atoms with E-state index in [9.17, 15) is 4.39 Å². The van der Waals surface area contributed by atoms with Crippen LogP contribution in [0.25, 0.3) is 0 Å². The zero-order valence-electron chi connectivity index (χ0n) is 12.5. The molecule has 3 nitrogen and oxygen atoms in total. The second kappa shape index (κ2) is 7.76. The van der Waals surface area contributed by atoms with Gasteiger partial charge in [-0.25, -0.2) is 4.39 Å². The Morgan fingerprint density at radius 1 is 1.14 bits per heavy atom. The first kappa shape index (κ1) is 15.5. The van der Waals surface area contributed by atoms with Crippen LogP contribution in [0.3, 0.4) is 0 Å². The molecule has 0 heterocycles. The van der Waals surface area contributed by atoms with Crippen LogP contribution in [0.2, 0.25) is 0 Å². The lowest BCUT2D eigenvalue weighted by molar-refractivity contribution is 0.199. The molecule has 0 aromatic heterocycles. The largest absolute Gasteiger partial charge is 0.383 e. The number of ether oxygens (including phenoxy) is 1. The summed E-state index contributed by atoms with van der Waals surface area (Å²) in [5.41, 5.74) is 2.99. The molecule has 0 spiro atoms. The van der Waals surface area contributed by atoms with Crippen LogP contribution in [0.15, 0.2) is 48.5 Å². The first-order valence-corrected chi connectivity index (χ1v) is 6.99. The Balaban J connectivity index is 2.18. The number of rotatable bonds is 7. The Morgan fingerprint density at radius 3 is 2.62 bits per heavy atom. The fourth-order valence-electron chi connectivity index (χ4n) is 2.21. The van der Waals surface area contributed by atoms with Crippen molar-refractivity contribution in [3.8, 4) is 0 Å². The molecule has 2 aromatic carbocycles. The van der Waals surface area contributed by atoms with Crippen LogP contribution in [0, 0.1) is 5.82 Å². The molecule has 1 N–H and O–H groups in total. The molecule has 0 saturated heterocycles. The Hall–Kier alpha value is -1.91. The molecular formula is C17H21FN2O. The summed E-state index contributed by atoms with van der Waals surface area (Å²) in [5, 5.41) is 3.26. The van der Waals surface area contributed by atoms with E-state index >= 15 is 0 Å². The highest BCUT2D eigenvalue weighted by Gasteiger charge is 2.10. The van der Waals surface area contributed by atoms with Crippen molar-refractivity contribution < 1.29 is 9.13 Å². The zero-order chi connectivity index (χ0) is 15.1. The standard InChI is InChI=1S/C17H21FN2O/c1-20(16-6-4-3-5-7-16)17-9-8-15(18)12-14(17)13-19-10-11-21-2/h3-9,12,19H,10-11,13H2,1-2H3. The smallest absolute Gasteiger partial charge is 0.123 e. The SMILES string of the molecule is COCCNCc1cc(F)ccc1N(C)c1ccccc1. The van der Waals surface area contributed by atoms with E-state index < -0.39 is 0 Å². The number of anilines is 2. The minimum Gasteiger partial charge on any atom is -0.383 e. The van der Waals surface area contributed by atoms with Gasteiger partial charge in [0.1, 0.15) is 5.82 Å².